The molecule has 29 heavy (non-hydrogen) atoms. The zero-order valence-corrected chi connectivity index (χ0v) is 15.9. The highest BCUT2D eigenvalue weighted by atomic mass is 16.5. The Bertz CT molecular complexity index is 1050. The quantitative estimate of drug-likeness (QED) is 0.773. The number of nitrogens with two attached hydrogens (primary N) is 1. The summed E-state index contributed by atoms with van der Waals surface area (Å²) in [5, 5.41) is 9.90. The van der Waals surface area contributed by atoms with Gasteiger partial charge >= 0.3 is 5.97 Å². The standard InChI is InChI=1S/C21H19N3O5/c1-2-28-17(26)11-24-14-7-4-3-6-12(14)21(20(24)27)13(10-22)19(23)29-16-9-5-8-15(25)18(16)21/h3-4,6-7H,2,5,8-9,11,23H2,1H3. The molecule has 8 heteroatoms. The average Bonchev–Trinajstić information content (AvgIpc) is 2.92. The Hall–Kier alpha value is -3.60. The summed E-state index contributed by atoms with van der Waals surface area (Å²) in [4.78, 5) is 40.2. The third kappa shape index (κ3) is 2.47. The van der Waals surface area contributed by atoms with Gasteiger partial charge in [0.25, 0.3) is 0 Å². The summed E-state index contributed by atoms with van der Waals surface area (Å²) in [6.07, 6.45) is 1.26. The summed E-state index contributed by atoms with van der Waals surface area (Å²) < 4.78 is 10.6. The van der Waals surface area contributed by atoms with Gasteiger partial charge in [-0.25, -0.2) is 0 Å². The van der Waals surface area contributed by atoms with Gasteiger partial charge in [-0.3, -0.25) is 19.3 Å². The Kier molecular flexibility index (Phi) is 4.38. The molecule has 0 radical (unpaired) electrons. The van der Waals surface area contributed by atoms with Crippen LogP contribution < -0.4 is 10.6 Å². The zero-order chi connectivity index (χ0) is 20.8. The summed E-state index contributed by atoms with van der Waals surface area (Å²) in [5.74, 6) is -1.29. The molecular weight excluding hydrogens is 374 g/mol. The van der Waals surface area contributed by atoms with Crippen LogP contribution in [0.3, 0.4) is 0 Å². The first-order valence-corrected chi connectivity index (χ1v) is 9.38. The van der Waals surface area contributed by atoms with Crippen molar-refractivity contribution in [3.63, 3.8) is 0 Å². The molecule has 8 nitrogen and oxygen atoms in total. The van der Waals surface area contributed by atoms with Crippen molar-refractivity contribution >= 4 is 23.3 Å². The molecule has 1 aromatic carbocycles. The highest BCUT2D eigenvalue weighted by Crippen LogP contribution is 2.55. The number of carbonyl (C=O) groups excluding carboxylic acids is 3. The predicted molar refractivity (Wildman–Crippen MR) is 101 cm³/mol. The SMILES string of the molecule is CCOC(=O)CN1C(=O)C2(C(C#N)=C(N)OC3=C2C(=O)CCC3)c2ccccc21. The van der Waals surface area contributed by atoms with E-state index in [-0.39, 0.29) is 42.4 Å². The number of amides is 1. The number of anilines is 1. The number of hydrogen-bond acceptors (Lipinski definition) is 7. The second-order valence-electron chi connectivity index (χ2n) is 6.99. The van der Waals surface area contributed by atoms with Crippen molar-refractivity contribution in [1.29, 1.82) is 5.26 Å². The van der Waals surface area contributed by atoms with Crippen molar-refractivity contribution in [3.8, 4) is 6.07 Å². The van der Waals surface area contributed by atoms with Crippen molar-refractivity contribution < 1.29 is 23.9 Å². The molecule has 4 rings (SSSR count). The molecule has 1 aromatic rings. The lowest BCUT2D eigenvalue weighted by Gasteiger charge is -2.37. The van der Waals surface area contributed by atoms with E-state index in [1.54, 1.807) is 31.2 Å². The van der Waals surface area contributed by atoms with Gasteiger partial charge in [-0.2, -0.15) is 5.26 Å². The van der Waals surface area contributed by atoms with Crippen molar-refractivity contribution in [3.05, 3.63) is 52.6 Å². The number of ketones is 1. The van der Waals surface area contributed by atoms with Crippen LogP contribution in [0.4, 0.5) is 5.69 Å². The van der Waals surface area contributed by atoms with E-state index in [9.17, 15) is 19.6 Å². The number of carbonyl (C=O) groups is 3. The highest BCUT2D eigenvalue weighted by molar-refractivity contribution is 6.20. The Morgan fingerprint density at radius 3 is 2.83 bits per heavy atom. The van der Waals surface area contributed by atoms with Crippen molar-refractivity contribution in [1.82, 2.24) is 0 Å². The van der Waals surface area contributed by atoms with E-state index in [4.69, 9.17) is 15.2 Å². The van der Waals surface area contributed by atoms with Gasteiger partial charge < -0.3 is 15.2 Å². The molecule has 0 saturated heterocycles. The van der Waals surface area contributed by atoms with Gasteiger partial charge in [-0.15, -0.1) is 0 Å². The maximum Gasteiger partial charge on any atom is 0.326 e. The predicted octanol–water partition coefficient (Wildman–Crippen LogP) is 1.57. The van der Waals surface area contributed by atoms with E-state index in [1.807, 2.05) is 6.07 Å². The molecule has 1 aliphatic carbocycles. The third-order valence-corrected chi connectivity index (χ3v) is 5.46. The van der Waals surface area contributed by atoms with Gasteiger partial charge in [0.05, 0.1) is 12.2 Å². The van der Waals surface area contributed by atoms with E-state index in [0.717, 1.165) is 0 Å². The van der Waals surface area contributed by atoms with Crippen LogP contribution >= 0.6 is 0 Å². The fourth-order valence-electron chi connectivity index (χ4n) is 4.40. The van der Waals surface area contributed by atoms with Crippen LogP contribution in [0.25, 0.3) is 0 Å². The Labute approximate surface area is 167 Å². The van der Waals surface area contributed by atoms with E-state index in [0.29, 0.717) is 29.9 Å². The van der Waals surface area contributed by atoms with Crippen LogP contribution in [0, 0.1) is 11.3 Å². The van der Waals surface area contributed by atoms with E-state index >= 15 is 0 Å². The molecule has 148 valence electrons. The Morgan fingerprint density at radius 2 is 2.10 bits per heavy atom. The number of rotatable bonds is 3. The molecule has 2 N–H and O–H groups in total. The van der Waals surface area contributed by atoms with Gasteiger partial charge in [-0.1, -0.05) is 18.2 Å². The number of allylic oxidation sites excluding steroid dienone is 1. The molecule has 0 fully saturated rings. The van der Waals surface area contributed by atoms with Crippen molar-refractivity contribution in [2.75, 3.05) is 18.1 Å². The summed E-state index contributed by atoms with van der Waals surface area (Å²) in [7, 11) is 0. The minimum absolute atomic E-state index is 0.129. The lowest BCUT2D eigenvalue weighted by Crippen LogP contribution is -2.50. The number of ether oxygens (including phenoxy) is 2. The number of para-hydroxylation sites is 1. The first kappa shape index (κ1) is 18.7. The van der Waals surface area contributed by atoms with Crippen molar-refractivity contribution in [2.45, 2.75) is 31.6 Å². The highest BCUT2D eigenvalue weighted by Gasteiger charge is 2.62. The van der Waals surface area contributed by atoms with Gasteiger partial charge in [-0.05, 0) is 19.4 Å². The third-order valence-electron chi connectivity index (χ3n) is 5.46. The topological polar surface area (TPSA) is 123 Å². The second kappa shape index (κ2) is 6.78. The van der Waals surface area contributed by atoms with Crippen LogP contribution in [0.15, 0.2) is 47.1 Å². The van der Waals surface area contributed by atoms with Gasteiger partial charge in [0.15, 0.2) is 5.78 Å². The van der Waals surface area contributed by atoms with Crippen LogP contribution in [0.2, 0.25) is 0 Å². The minimum atomic E-state index is -1.70. The van der Waals surface area contributed by atoms with E-state index < -0.39 is 17.3 Å². The van der Waals surface area contributed by atoms with E-state index in [2.05, 4.69) is 0 Å². The minimum Gasteiger partial charge on any atom is -0.465 e. The number of benzene rings is 1. The monoisotopic (exact) mass is 393 g/mol. The molecule has 1 atom stereocenters. The molecular formula is C21H19N3O5. The molecule has 3 aliphatic rings. The van der Waals surface area contributed by atoms with Crippen molar-refractivity contribution in [2.24, 2.45) is 5.73 Å². The van der Waals surface area contributed by atoms with Gasteiger partial charge in [0.2, 0.25) is 11.8 Å². The van der Waals surface area contributed by atoms with Crippen LogP contribution in [-0.4, -0.2) is 30.8 Å². The summed E-state index contributed by atoms with van der Waals surface area (Å²) in [6, 6.07) is 8.79. The lowest BCUT2D eigenvalue weighted by atomic mass is 9.65. The molecule has 2 aliphatic heterocycles. The maximum absolute atomic E-state index is 13.8. The fraction of sp³-hybridized carbons (Fsp3) is 0.333. The Balaban J connectivity index is 1.99. The lowest BCUT2D eigenvalue weighted by molar-refractivity contribution is -0.142. The van der Waals surface area contributed by atoms with Gasteiger partial charge in [0, 0.05) is 24.1 Å². The summed E-state index contributed by atoms with van der Waals surface area (Å²) >= 11 is 0. The number of esters is 1. The first-order valence-electron chi connectivity index (χ1n) is 9.38. The number of hydrogen-bond donors (Lipinski definition) is 1. The second-order valence-corrected chi connectivity index (χ2v) is 6.99. The number of nitriles is 1. The van der Waals surface area contributed by atoms with Gasteiger partial charge in [0.1, 0.15) is 29.4 Å². The molecule has 0 bridgehead atoms. The maximum atomic E-state index is 13.8. The number of fused-ring (bicyclic) bond motifs is 3. The number of nitrogens with zero attached hydrogens (tertiary/aromatic N) is 2. The van der Waals surface area contributed by atoms with E-state index in [1.165, 1.54) is 4.90 Å². The fourth-order valence-corrected chi connectivity index (χ4v) is 4.40. The average molecular weight is 393 g/mol. The largest absolute Gasteiger partial charge is 0.465 e. The van der Waals surface area contributed by atoms with Crippen LogP contribution in [0.5, 0.6) is 0 Å². The summed E-state index contributed by atoms with van der Waals surface area (Å²) in [6.45, 7) is 1.51. The first-order chi connectivity index (χ1) is 14.0. The van der Waals surface area contributed by atoms with Crippen LogP contribution in [0.1, 0.15) is 31.7 Å². The smallest absolute Gasteiger partial charge is 0.326 e. The normalized spacial score (nSPS) is 23.0. The molecule has 0 aromatic heterocycles. The number of Topliss-reactive ketones (excluding diaryl/α,β-unsaturated/α-hetero) is 1. The zero-order valence-electron chi connectivity index (χ0n) is 15.9. The molecule has 1 amide bonds. The molecule has 1 unspecified atom stereocenters. The molecule has 1 spiro atoms. The Morgan fingerprint density at radius 1 is 1.34 bits per heavy atom. The molecule has 0 saturated carbocycles. The molecule has 2 heterocycles. The van der Waals surface area contributed by atoms with Crippen LogP contribution in [-0.2, 0) is 29.3 Å². The summed E-state index contributed by atoms with van der Waals surface area (Å²) in [5.41, 5.74) is 5.24.